The molecule has 0 radical (unpaired) electrons. The smallest absolute Gasteiger partial charge is 0.241 e. The second kappa shape index (κ2) is 6.34. The van der Waals surface area contributed by atoms with Crippen LogP contribution in [-0.4, -0.2) is 26.4 Å². The lowest BCUT2D eigenvalue weighted by atomic mass is 10.1. The Balaban J connectivity index is 2.79. The minimum atomic E-state index is -3.74. The summed E-state index contributed by atoms with van der Waals surface area (Å²) in [6.45, 7) is 5.28. The van der Waals surface area contributed by atoms with Gasteiger partial charge in [0.25, 0.3) is 0 Å². The molecule has 0 aromatic heterocycles. The molecule has 0 fully saturated rings. The maximum Gasteiger partial charge on any atom is 0.241 e. The summed E-state index contributed by atoms with van der Waals surface area (Å²) in [6.07, 6.45) is 0. The van der Waals surface area contributed by atoms with Crippen molar-refractivity contribution in [2.24, 2.45) is 5.73 Å². The molecular weight excluding hydrogens is 278 g/mol. The van der Waals surface area contributed by atoms with Crippen LogP contribution in [0.25, 0.3) is 0 Å². The summed E-state index contributed by atoms with van der Waals surface area (Å²) in [7, 11) is -3.74. The van der Waals surface area contributed by atoms with Crippen molar-refractivity contribution in [1.29, 1.82) is 0 Å². The number of sulfonamides is 1. The van der Waals surface area contributed by atoms with Crippen molar-refractivity contribution < 1.29 is 13.2 Å². The maximum absolute atomic E-state index is 12.1. The second-order valence-electron chi connectivity index (χ2n) is 5.43. The summed E-state index contributed by atoms with van der Waals surface area (Å²) < 4.78 is 26.5. The molecule has 0 spiro atoms. The molecule has 1 rings (SSSR count). The van der Waals surface area contributed by atoms with Crippen LogP contribution in [-0.2, 0) is 21.4 Å². The topological polar surface area (TPSA) is 101 Å². The van der Waals surface area contributed by atoms with Crippen LogP contribution in [0.5, 0.6) is 0 Å². The third-order valence-electron chi connectivity index (χ3n) is 2.42. The molecule has 0 aliphatic carbocycles. The molecule has 1 aromatic rings. The van der Waals surface area contributed by atoms with E-state index < -0.39 is 15.6 Å². The van der Waals surface area contributed by atoms with Crippen LogP contribution < -0.4 is 15.8 Å². The molecule has 0 aliphatic rings. The maximum atomic E-state index is 12.1. The van der Waals surface area contributed by atoms with Gasteiger partial charge < -0.3 is 11.1 Å². The monoisotopic (exact) mass is 299 g/mol. The zero-order chi connectivity index (χ0) is 15.4. The third-order valence-corrected chi connectivity index (χ3v) is 3.92. The highest BCUT2D eigenvalue weighted by Crippen LogP contribution is 2.14. The number of amides is 1. The standard InChI is InChI=1S/C13H21N3O3S/c1-13(2,3)16-12(17)9-15-20(18,19)11-7-5-4-6-10(11)8-14/h4-7,15H,8-9,14H2,1-3H3,(H,16,17). The SMILES string of the molecule is CC(C)(C)NC(=O)CNS(=O)(=O)c1ccccc1CN. The molecule has 0 heterocycles. The Morgan fingerprint density at radius 2 is 1.85 bits per heavy atom. The average Bonchev–Trinajstić information content (AvgIpc) is 2.34. The predicted octanol–water partition coefficient (Wildman–Crippen LogP) is 0.338. The van der Waals surface area contributed by atoms with E-state index in [1.54, 1.807) is 18.2 Å². The van der Waals surface area contributed by atoms with E-state index in [0.29, 0.717) is 5.56 Å². The van der Waals surface area contributed by atoms with Crippen LogP contribution in [0, 0.1) is 0 Å². The quantitative estimate of drug-likeness (QED) is 0.729. The van der Waals surface area contributed by atoms with Crippen LogP contribution in [0.2, 0.25) is 0 Å². The Labute approximate surface area is 119 Å². The van der Waals surface area contributed by atoms with Gasteiger partial charge in [0.1, 0.15) is 0 Å². The number of nitrogens with one attached hydrogen (secondary N) is 2. The minimum Gasteiger partial charge on any atom is -0.350 e. The summed E-state index contributed by atoms with van der Waals surface area (Å²) in [5, 5.41) is 2.68. The molecule has 0 aliphatic heterocycles. The van der Waals surface area contributed by atoms with E-state index >= 15 is 0 Å². The lowest BCUT2D eigenvalue weighted by Crippen LogP contribution is -2.45. The average molecular weight is 299 g/mol. The van der Waals surface area contributed by atoms with Crippen LogP contribution in [0.4, 0.5) is 0 Å². The first-order chi connectivity index (χ1) is 9.15. The van der Waals surface area contributed by atoms with E-state index in [0.717, 1.165) is 0 Å². The molecule has 0 saturated heterocycles. The zero-order valence-electron chi connectivity index (χ0n) is 11.9. The van der Waals surface area contributed by atoms with Gasteiger partial charge in [-0.05, 0) is 32.4 Å². The highest BCUT2D eigenvalue weighted by molar-refractivity contribution is 7.89. The van der Waals surface area contributed by atoms with Gasteiger partial charge in [-0.1, -0.05) is 18.2 Å². The second-order valence-corrected chi connectivity index (χ2v) is 7.17. The molecule has 0 atom stereocenters. The highest BCUT2D eigenvalue weighted by atomic mass is 32.2. The summed E-state index contributed by atoms with van der Waals surface area (Å²) in [5.41, 5.74) is 5.62. The van der Waals surface area contributed by atoms with Crippen LogP contribution >= 0.6 is 0 Å². The fourth-order valence-electron chi connectivity index (χ4n) is 1.64. The first kappa shape index (κ1) is 16.6. The van der Waals surface area contributed by atoms with Crippen molar-refractivity contribution in [2.45, 2.75) is 37.8 Å². The number of rotatable bonds is 5. The van der Waals surface area contributed by atoms with E-state index in [2.05, 4.69) is 10.0 Å². The van der Waals surface area contributed by atoms with Gasteiger partial charge in [0, 0.05) is 12.1 Å². The van der Waals surface area contributed by atoms with Gasteiger partial charge in [0.2, 0.25) is 15.9 Å². The van der Waals surface area contributed by atoms with Crippen LogP contribution in [0.3, 0.4) is 0 Å². The molecule has 20 heavy (non-hydrogen) atoms. The van der Waals surface area contributed by atoms with E-state index in [4.69, 9.17) is 5.73 Å². The molecular formula is C13H21N3O3S. The molecule has 0 bridgehead atoms. The molecule has 1 aromatic carbocycles. The summed E-state index contributed by atoms with van der Waals surface area (Å²) in [4.78, 5) is 11.7. The molecule has 0 saturated carbocycles. The van der Waals surface area contributed by atoms with Crippen molar-refractivity contribution in [3.05, 3.63) is 29.8 Å². The number of hydrogen-bond donors (Lipinski definition) is 3. The van der Waals surface area contributed by atoms with Crippen molar-refractivity contribution in [3.8, 4) is 0 Å². The minimum absolute atomic E-state index is 0.103. The van der Waals surface area contributed by atoms with Crippen LogP contribution in [0.15, 0.2) is 29.2 Å². The van der Waals surface area contributed by atoms with E-state index in [9.17, 15) is 13.2 Å². The predicted molar refractivity (Wildman–Crippen MR) is 77.4 cm³/mol. The van der Waals surface area contributed by atoms with Crippen molar-refractivity contribution in [2.75, 3.05) is 6.54 Å². The van der Waals surface area contributed by atoms with Gasteiger partial charge in [0.05, 0.1) is 11.4 Å². The summed E-state index contributed by atoms with van der Waals surface area (Å²) >= 11 is 0. The molecule has 7 heteroatoms. The fourth-order valence-corrected chi connectivity index (χ4v) is 2.87. The summed E-state index contributed by atoms with van der Waals surface area (Å²) in [5.74, 6) is -0.383. The van der Waals surface area contributed by atoms with Gasteiger partial charge >= 0.3 is 0 Å². The van der Waals surface area contributed by atoms with Gasteiger partial charge in [-0.2, -0.15) is 0 Å². The number of hydrogen-bond acceptors (Lipinski definition) is 4. The Bertz CT molecular complexity index is 577. The zero-order valence-corrected chi connectivity index (χ0v) is 12.8. The Morgan fingerprint density at radius 3 is 2.40 bits per heavy atom. The number of carbonyl (C=O) groups is 1. The first-order valence-corrected chi connectivity index (χ1v) is 7.73. The Morgan fingerprint density at radius 1 is 1.25 bits per heavy atom. The first-order valence-electron chi connectivity index (χ1n) is 6.24. The van der Waals surface area contributed by atoms with E-state index in [-0.39, 0.29) is 23.9 Å². The van der Waals surface area contributed by atoms with E-state index in [1.807, 2.05) is 20.8 Å². The number of benzene rings is 1. The van der Waals surface area contributed by atoms with Gasteiger partial charge in [-0.3, -0.25) is 4.79 Å². The molecule has 6 nitrogen and oxygen atoms in total. The molecule has 0 unspecified atom stereocenters. The number of carbonyl (C=O) groups excluding carboxylic acids is 1. The van der Waals surface area contributed by atoms with Crippen molar-refractivity contribution >= 4 is 15.9 Å². The number of nitrogens with two attached hydrogens (primary N) is 1. The highest BCUT2D eigenvalue weighted by Gasteiger charge is 2.20. The van der Waals surface area contributed by atoms with Crippen molar-refractivity contribution in [1.82, 2.24) is 10.0 Å². The van der Waals surface area contributed by atoms with Crippen molar-refractivity contribution in [3.63, 3.8) is 0 Å². The lowest BCUT2D eigenvalue weighted by molar-refractivity contribution is -0.121. The fraction of sp³-hybridized carbons (Fsp3) is 0.462. The van der Waals surface area contributed by atoms with Gasteiger partial charge in [-0.15, -0.1) is 0 Å². The Kier molecular flexibility index (Phi) is 5.27. The summed E-state index contributed by atoms with van der Waals surface area (Å²) in [6, 6.07) is 6.44. The lowest BCUT2D eigenvalue weighted by Gasteiger charge is -2.20. The van der Waals surface area contributed by atoms with Gasteiger partial charge in [0.15, 0.2) is 0 Å². The molecule has 4 N–H and O–H groups in total. The molecule has 1 amide bonds. The largest absolute Gasteiger partial charge is 0.350 e. The third kappa shape index (κ3) is 4.92. The normalized spacial score (nSPS) is 12.2. The van der Waals surface area contributed by atoms with E-state index in [1.165, 1.54) is 6.07 Å². The van der Waals surface area contributed by atoms with Crippen LogP contribution in [0.1, 0.15) is 26.3 Å². The Hall–Kier alpha value is -1.44. The van der Waals surface area contributed by atoms with Gasteiger partial charge in [-0.25, -0.2) is 13.1 Å². The molecule has 112 valence electrons.